The molecule has 0 aromatic carbocycles. The molecule has 8 nitrogen and oxygen atoms in total. The van der Waals surface area contributed by atoms with Gasteiger partial charge in [0.25, 0.3) is 15.9 Å². The first-order valence-electron chi connectivity index (χ1n) is 8.38. The molecule has 142 valence electrons. The van der Waals surface area contributed by atoms with Crippen LogP contribution in [0, 0.1) is 0 Å². The molecule has 9 heteroatoms. The summed E-state index contributed by atoms with van der Waals surface area (Å²) in [6, 6.07) is 2.76. The van der Waals surface area contributed by atoms with Crippen molar-refractivity contribution >= 4 is 15.9 Å². The second kappa shape index (κ2) is 9.33. The van der Waals surface area contributed by atoms with Crippen molar-refractivity contribution in [2.45, 2.75) is 24.4 Å². The van der Waals surface area contributed by atoms with Crippen LogP contribution in [-0.4, -0.2) is 77.1 Å². The number of furan rings is 1. The zero-order valence-electron chi connectivity index (χ0n) is 14.8. The summed E-state index contributed by atoms with van der Waals surface area (Å²) < 4.78 is 42.0. The molecule has 1 aliphatic heterocycles. The van der Waals surface area contributed by atoms with Gasteiger partial charge in [-0.1, -0.05) is 6.42 Å². The van der Waals surface area contributed by atoms with Crippen LogP contribution in [0.1, 0.15) is 29.8 Å². The lowest BCUT2D eigenvalue weighted by Crippen LogP contribution is -2.36. The Kier molecular flexibility index (Phi) is 7.42. The molecule has 0 unspecified atom stereocenters. The number of piperidine rings is 1. The zero-order chi connectivity index (χ0) is 18.3. The van der Waals surface area contributed by atoms with E-state index < -0.39 is 10.0 Å². The highest BCUT2D eigenvalue weighted by molar-refractivity contribution is 7.89. The van der Waals surface area contributed by atoms with E-state index in [1.165, 1.54) is 21.3 Å². The van der Waals surface area contributed by atoms with Crippen molar-refractivity contribution in [2.24, 2.45) is 0 Å². The molecule has 1 aromatic heterocycles. The van der Waals surface area contributed by atoms with E-state index >= 15 is 0 Å². The fourth-order valence-electron chi connectivity index (χ4n) is 2.68. The molecule has 2 heterocycles. The Bertz CT molecular complexity index is 643. The van der Waals surface area contributed by atoms with Crippen LogP contribution < -0.4 is 0 Å². The number of carbonyl (C=O) groups is 1. The molecule has 25 heavy (non-hydrogen) atoms. The van der Waals surface area contributed by atoms with Crippen LogP contribution in [0.5, 0.6) is 0 Å². The van der Waals surface area contributed by atoms with Gasteiger partial charge in [-0.3, -0.25) is 4.79 Å². The average Bonchev–Trinajstić information content (AvgIpc) is 3.13. The largest absolute Gasteiger partial charge is 0.438 e. The Balaban J connectivity index is 2.13. The highest BCUT2D eigenvalue weighted by atomic mass is 32.2. The summed E-state index contributed by atoms with van der Waals surface area (Å²) in [6.07, 6.45) is 2.71. The first kappa shape index (κ1) is 19.9. The van der Waals surface area contributed by atoms with Crippen LogP contribution >= 0.6 is 0 Å². The number of carbonyl (C=O) groups excluding carboxylic acids is 1. The second-order valence-corrected chi connectivity index (χ2v) is 7.73. The molecule has 0 N–H and O–H groups in total. The van der Waals surface area contributed by atoms with Gasteiger partial charge in [-0.2, -0.15) is 4.31 Å². The number of nitrogens with zero attached hydrogens (tertiary/aromatic N) is 2. The lowest BCUT2D eigenvalue weighted by atomic mass is 10.2. The molecule has 1 saturated heterocycles. The van der Waals surface area contributed by atoms with E-state index in [1.54, 1.807) is 14.2 Å². The quantitative estimate of drug-likeness (QED) is 0.645. The van der Waals surface area contributed by atoms with Gasteiger partial charge in [0, 0.05) is 40.4 Å². The SMILES string of the molecule is COCCN(CCOC)C(=O)c1ccc(S(=O)(=O)N2CCCCC2)o1. The monoisotopic (exact) mass is 374 g/mol. The zero-order valence-corrected chi connectivity index (χ0v) is 15.6. The molecule has 0 spiro atoms. The van der Waals surface area contributed by atoms with E-state index in [9.17, 15) is 13.2 Å². The minimum atomic E-state index is -3.69. The van der Waals surface area contributed by atoms with Crippen LogP contribution in [0.3, 0.4) is 0 Å². The maximum atomic E-state index is 12.6. The average molecular weight is 374 g/mol. The fraction of sp³-hybridized carbons (Fsp3) is 0.688. The normalized spacial score (nSPS) is 16.1. The van der Waals surface area contributed by atoms with Crippen molar-refractivity contribution in [3.8, 4) is 0 Å². The number of rotatable bonds is 9. The first-order valence-corrected chi connectivity index (χ1v) is 9.82. The van der Waals surface area contributed by atoms with Crippen LogP contribution in [0.15, 0.2) is 21.6 Å². The molecule has 0 saturated carbocycles. The van der Waals surface area contributed by atoms with E-state index in [2.05, 4.69) is 0 Å². The molecule has 0 bridgehead atoms. The first-order chi connectivity index (χ1) is 12.0. The summed E-state index contributed by atoms with van der Waals surface area (Å²) in [5, 5.41) is -0.184. The van der Waals surface area contributed by atoms with Crippen molar-refractivity contribution in [1.29, 1.82) is 0 Å². The summed E-state index contributed by atoms with van der Waals surface area (Å²) in [4.78, 5) is 14.1. The summed E-state index contributed by atoms with van der Waals surface area (Å²) in [7, 11) is -0.586. The standard InChI is InChI=1S/C16H26N2O6S/c1-22-12-10-17(11-13-23-2)16(19)14-6-7-15(24-14)25(20,21)18-8-4-3-5-9-18/h6-7H,3-5,8-13H2,1-2H3. The van der Waals surface area contributed by atoms with Crippen molar-refractivity contribution in [3.63, 3.8) is 0 Å². The smallest absolute Gasteiger partial charge is 0.289 e. The molecule has 1 aromatic rings. The van der Waals surface area contributed by atoms with Gasteiger partial charge in [0.15, 0.2) is 5.76 Å². The minimum absolute atomic E-state index is 0.00258. The molecule has 0 atom stereocenters. The third-order valence-electron chi connectivity index (χ3n) is 4.12. The van der Waals surface area contributed by atoms with Crippen LogP contribution in [0.4, 0.5) is 0 Å². The Hall–Kier alpha value is -1.42. The van der Waals surface area contributed by atoms with Gasteiger partial charge in [-0.05, 0) is 25.0 Å². The van der Waals surface area contributed by atoms with E-state index in [0.717, 1.165) is 19.3 Å². The van der Waals surface area contributed by atoms with Crippen LogP contribution in [-0.2, 0) is 19.5 Å². The number of methoxy groups -OCH3 is 2. The van der Waals surface area contributed by atoms with Gasteiger partial charge in [-0.15, -0.1) is 0 Å². The van der Waals surface area contributed by atoms with Crippen molar-refractivity contribution in [3.05, 3.63) is 17.9 Å². The molecule has 1 aliphatic rings. The van der Waals surface area contributed by atoms with Crippen molar-refractivity contribution < 1.29 is 27.1 Å². The Labute approximate surface area is 148 Å². The molecule has 1 fully saturated rings. The van der Waals surface area contributed by atoms with Gasteiger partial charge in [-0.25, -0.2) is 8.42 Å². The van der Waals surface area contributed by atoms with Gasteiger partial charge in [0.05, 0.1) is 13.2 Å². The molecular weight excluding hydrogens is 348 g/mol. The number of amides is 1. The summed E-state index contributed by atoms with van der Waals surface area (Å²) in [5.41, 5.74) is 0. The maximum absolute atomic E-state index is 12.6. The molecular formula is C16H26N2O6S. The number of hydrogen-bond donors (Lipinski definition) is 0. The fourth-order valence-corrected chi connectivity index (χ4v) is 4.11. The highest BCUT2D eigenvalue weighted by Crippen LogP contribution is 2.23. The summed E-state index contributed by atoms with van der Waals surface area (Å²) in [6.45, 7) is 2.45. The Morgan fingerprint density at radius 1 is 1.12 bits per heavy atom. The number of sulfonamides is 1. The van der Waals surface area contributed by atoms with Crippen LogP contribution in [0.25, 0.3) is 0 Å². The lowest BCUT2D eigenvalue weighted by molar-refractivity contribution is 0.0592. The van der Waals surface area contributed by atoms with Crippen molar-refractivity contribution in [2.75, 3.05) is 53.6 Å². The number of hydrogen-bond acceptors (Lipinski definition) is 6. The summed E-state index contributed by atoms with van der Waals surface area (Å²) in [5.74, 6) is -0.378. The van der Waals surface area contributed by atoms with E-state index in [1.807, 2.05) is 0 Å². The predicted octanol–water partition coefficient (Wildman–Crippen LogP) is 1.19. The third kappa shape index (κ3) is 5.04. The van der Waals surface area contributed by atoms with E-state index in [0.29, 0.717) is 39.4 Å². The van der Waals surface area contributed by atoms with Crippen LogP contribution in [0.2, 0.25) is 0 Å². The topological polar surface area (TPSA) is 89.3 Å². The van der Waals surface area contributed by atoms with Gasteiger partial charge < -0.3 is 18.8 Å². The third-order valence-corrected chi connectivity index (χ3v) is 5.89. The Morgan fingerprint density at radius 2 is 1.72 bits per heavy atom. The molecule has 2 rings (SSSR count). The van der Waals surface area contributed by atoms with Gasteiger partial charge in [0.1, 0.15) is 0 Å². The van der Waals surface area contributed by atoms with E-state index in [-0.39, 0.29) is 16.8 Å². The van der Waals surface area contributed by atoms with E-state index in [4.69, 9.17) is 13.9 Å². The second-order valence-electron chi connectivity index (χ2n) is 5.86. The summed E-state index contributed by atoms with van der Waals surface area (Å²) >= 11 is 0. The molecule has 0 radical (unpaired) electrons. The van der Waals surface area contributed by atoms with Crippen molar-refractivity contribution in [1.82, 2.24) is 9.21 Å². The predicted molar refractivity (Wildman–Crippen MR) is 91.0 cm³/mol. The number of ether oxygens (including phenoxy) is 2. The van der Waals surface area contributed by atoms with Gasteiger partial charge in [0.2, 0.25) is 5.09 Å². The molecule has 0 aliphatic carbocycles. The maximum Gasteiger partial charge on any atom is 0.289 e. The van der Waals surface area contributed by atoms with Gasteiger partial charge >= 0.3 is 0 Å². The minimum Gasteiger partial charge on any atom is -0.438 e. The Morgan fingerprint density at radius 3 is 2.28 bits per heavy atom. The lowest BCUT2D eigenvalue weighted by Gasteiger charge is -2.24. The molecule has 1 amide bonds. The highest BCUT2D eigenvalue weighted by Gasteiger charge is 2.30.